The lowest BCUT2D eigenvalue weighted by Crippen LogP contribution is -2.45. The van der Waals surface area contributed by atoms with Crippen molar-refractivity contribution >= 4 is 31.7 Å². The molecule has 96 valence electrons. The van der Waals surface area contributed by atoms with Crippen molar-refractivity contribution < 1.29 is 21.4 Å². The summed E-state index contributed by atoms with van der Waals surface area (Å²) in [6.07, 6.45) is 1.81. The molecule has 0 aromatic carbocycles. The monoisotopic (exact) mass is 291 g/mol. The largest absolute Gasteiger partial charge is 0.285 e. The highest BCUT2D eigenvalue weighted by Gasteiger charge is 2.38. The molecule has 9 heteroatoms. The minimum Gasteiger partial charge on any atom is -0.285 e. The molecule has 16 heavy (non-hydrogen) atoms. The average Bonchev–Trinajstić information content (AvgIpc) is 2.04. The van der Waals surface area contributed by atoms with Crippen LogP contribution >= 0.6 is 11.6 Å². The summed E-state index contributed by atoms with van der Waals surface area (Å²) in [5.41, 5.74) is 0. The third-order valence-corrected chi connectivity index (χ3v) is 5.19. The Morgan fingerprint density at radius 1 is 1.25 bits per heavy atom. The first-order valence-electron chi connectivity index (χ1n) is 4.67. The van der Waals surface area contributed by atoms with Crippen LogP contribution in [-0.4, -0.2) is 44.3 Å². The van der Waals surface area contributed by atoms with E-state index in [9.17, 15) is 16.8 Å². The predicted octanol–water partition coefficient (Wildman–Crippen LogP) is -0.0481. The molecule has 0 aliphatic heterocycles. The molecule has 3 unspecified atom stereocenters. The van der Waals surface area contributed by atoms with Crippen LogP contribution in [-0.2, 0) is 20.1 Å². The molecule has 0 heterocycles. The van der Waals surface area contributed by atoms with Gasteiger partial charge < -0.3 is 0 Å². The zero-order valence-corrected chi connectivity index (χ0v) is 11.0. The van der Waals surface area contributed by atoms with Crippen LogP contribution in [0.25, 0.3) is 0 Å². The van der Waals surface area contributed by atoms with Gasteiger partial charge in [-0.3, -0.25) is 4.55 Å². The highest BCUT2D eigenvalue weighted by molar-refractivity contribution is 7.88. The van der Waals surface area contributed by atoms with Gasteiger partial charge in [0.05, 0.1) is 11.6 Å². The van der Waals surface area contributed by atoms with Gasteiger partial charge in [0, 0.05) is 6.04 Å². The van der Waals surface area contributed by atoms with E-state index in [4.69, 9.17) is 16.2 Å². The Labute approximate surface area is 100 Å². The molecular weight excluding hydrogens is 278 g/mol. The van der Waals surface area contributed by atoms with Crippen molar-refractivity contribution in [1.29, 1.82) is 0 Å². The summed E-state index contributed by atoms with van der Waals surface area (Å²) in [6, 6.07) is -0.489. The molecule has 1 aliphatic rings. The number of hydrogen-bond donors (Lipinski definition) is 2. The minimum absolute atomic E-state index is 0.0000694. The number of sulfonamides is 1. The van der Waals surface area contributed by atoms with Gasteiger partial charge in [-0.1, -0.05) is 0 Å². The van der Waals surface area contributed by atoms with E-state index in [0.717, 1.165) is 6.26 Å². The van der Waals surface area contributed by atoms with Crippen molar-refractivity contribution in [2.45, 2.75) is 35.9 Å². The topological polar surface area (TPSA) is 101 Å². The average molecular weight is 292 g/mol. The van der Waals surface area contributed by atoms with Crippen molar-refractivity contribution in [1.82, 2.24) is 4.72 Å². The van der Waals surface area contributed by atoms with Gasteiger partial charge in [0.15, 0.2) is 0 Å². The molecule has 0 aromatic heterocycles. The van der Waals surface area contributed by atoms with E-state index < -0.39 is 36.8 Å². The van der Waals surface area contributed by atoms with Gasteiger partial charge in [0.25, 0.3) is 10.1 Å². The Bertz CT molecular complexity index is 445. The highest BCUT2D eigenvalue weighted by Crippen LogP contribution is 2.28. The normalized spacial score (nSPS) is 32.6. The second kappa shape index (κ2) is 4.77. The fraction of sp³-hybridized carbons (Fsp3) is 1.00. The van der Waals surface area contributed by atoms with Crippen molar-refractivity contribution in [2.24, 2.45) is 0 Å². The molecule has 0 saturated heterocycles. The standard InChI is InChI=1S/C7H14ClNO5S2/c1-15(10,11)9-5-2-3-6(8)7(4-5)16(12,13)14/h5-7,9H,2-4H2,1H3,(H,12,13,14). The lowest BCUT2D eigenvalue weighted by atomic mass is 9.95. The maximum Gasteiger partial charge on any atom is 0.269 e. The number of nitrogens with one attached hydrogen (secondary N) is 1. The van der Waals surface area contributed by atoms with Gasteiger partial charge in [-0.2, -0.15) is 8.42 Å². The summed E-state index contributed by atoms with van der Waals surface area (Å²) in [7, 11) is -7.61. The molecule has 0 bridgehead atoms. The Morgan fingerprint density at radius 3 is 2.25 bits per heavy atom. The zero-order valence-electron chi connectivity index (χ0n) is 8.63. The summed E-state index contributed by atoms with van der Waals surface area (Å²) >= 11 is 5.79. The Balaban J connectivity index is 2.76. The second-order valence-corrected chi connectivity index (χ2v) is 7.95. The van der Waals surface area contributed by atoms with Crippen LogP contribution in [0.5, 0.6) is 0 Å². The first-order valence-corrected chi connectivity index (χ1v) is 8.50. The first-order chi connectivity index (χ1) is 7.09. The zero-order chi connectivity index (χ0) is 12.6. The summed E-state index contributed by atoms with van der Waals surface area (Å²) < 4.78 is 55.2. The number of hydrogen-bond acceptors (Lipinski definition) is 4. The second-order valence-electron chi connectivity index (χ2n) is 3.97. The first kappa shape index (κ1) is 14.2. The third kappa shape index (κ3) is 4.17. The molecule has 6 nitrogen and oxygen atoms in total. The molecule has 0 aromatic rings. The minimum atomic E-state index is -4.23. The van der Waals surface area contributed by atoms with Gasteiger partial charge in [-0.15, -0.1) is 11.6 Å². The molecule has 2 N–H and O–H groups in total. The predicted molar refractivity (Wildman–Crippen MR) is 60.6 cm³/mol. The maximum absolute atomic E-state index is 11.0. The number of halogens is 1. The molecule has 3 atom stereocenters. The molecule has 0 spiro atoms. The van der Waals surface area contributed by atoms with Gasteiger partial charge in [-0.05, 0) is 19.3 Å². The fourth-order valence-corrected chi connectivity index (χ4v) is 4.23. The maximum atomic E-state index is 11.0. The van der Waals surface area contributed by atoms with Crippen LogP contribution in [0.2, 0.25) is 0 Å². The lowest BCUT2D eigenvalue weighted by molar-refractivity contribution is 0.386. The van der Waals surface area contributed by atoms with Crippen LogP contribution in [0.4, 0.5) is 0 Å². The summed E-state index contributed by atoms with van der Waals surface area (Å²) in [5.74, 6) is 0. The number of rotatable bonds is 3. The summed E-state index contributed by atoms with van der Waals surface area (Å²) in [6.45, 7) is 0. The van der Waals surface area contributed by atoms with Gasteiger partial charge in [0.2, 0.25) is 10.0 Å². The van der Waals surface area contributed by atoms with Crippen molar-refractivity contribution in [2.75, 3.05) is 6.26 Å². The van der Waals surface area contributed by atoms with E-state index in [1.165, 1.54) is 0 Å². The van der Waals surface area contributed by atoms with Crippen LogP contribution in [0, 0.1) is 0 Å². The molecule has 1 rings (SSSR count). The molecule has 1 aliphatic carbocycles. The summed E-state index contributed by atoms with van der Waals surface area (Å²) in [4.78, 5) is 0. The SMILES string of the molecule is CS(=O)(=O)NC1CCC(Cl)C(S(=O)(=O)O)C1. The van der Waals surface area contributed by atoms with Gasteiger partial charge >= 0.3 is 0 Å². The third-order valence-electron chi connectivity index (χ3n) is 2.47. The number of alkyl halides is 1. The molecule has 0 amide bonds. The van der Waals surface area contributed by atoms with Crippen molar-refractivity contribution in [3.8, 4) is 0 Å². The van der Waals surface area contributed by atoms with Crippen LogP contribution < -0.4 is 4.72 Å². The summed E-state index contributed by atoms with van der Waals surface area (Å²) in [5, 5.41) is -1.78. The van der Waals surface area contributed by atoms with E-state index in [0.29, 0.717) is 12.8 Å². The van der Waals surface area contributed by atoms with E-state index in [1.54, 1.807) is 0 Å². The molecular formula is C7H14ClNO5S2. The lowest BCUT2D eigenvalue weighted by Gasteiger charge is -2.30. The van der Waals surface area contributed by atoms with Crippen molar-refractivity contribution in [3.05, 3.63) is 0 Å². The van der Waals surface area contributed by atoms with Crippen LogP contribution in [0.3, 0.4) is 0 Å². The van der Waals surface area contributed by atoms with E-state index in [-0.39, 0.29) is 6.42 Å². The van der Waals surface area contributed by atoms with E-state index in [2.05, 4.69) is 4.72 Å². The smallest absolute Gasteiger partial charge is 0.269 e. The Morgan fingerprint density at radius 2 is 1.81 bits per heavy atom. The van der Waals surface area contributed by atoms with Gasteiger partial charge in [0.1, 0.15) is 5.25 Å². The fourth-order valence-electron chi connectivity index (χ4n) is 1.81. The Hall–Kier alpha value is 0.110. The van der Waals surface area contributed by atoms with Crippen LogP contribution in [0.1, 0.15) is 19.3 Å². The van der Waals surface area contributed by atoms with Crippen LogP contribution in [0.15, 0.2) is 0 Å². The quantitative estimate of drug-likeness (QED) is 0.561. The Kier molecular flexibility index (Phi) is 4.23. The molecule has 1 saturated carbocycles. The van der Waals surface area contributed by atoms with E-state index >= 15 is 0 Å². The van der Waals surface area contributed by atoms with E-state index in [1.807, 2.05) is 0 Å². The van der Waals surface area contributed by atoms with Gasteiger partial charge in [-0.25, -0.2) is 13.1 Å². The highest BCUT2D eigenvalue weighted by atomic mass is 35.5. The molecule has 1 fully saturated rings. The van der Waals surface area contributed by atoms with Crippen molar-refractivity contribution in [3.63, 3.8) is 0 Å². The molecule has 0 radical (unpaired) electrons.